The van der Waals surface area contributed by atoms with Gasteiger partial charge in [0, 0.05) is 10.6 Å². The third kappa shape index (κ3) is 7.00. The van der Waals surface area contributed by atoms with Gasteiger partial charge in [-0.05, 0) is 77.5 Å². The average molecular weight is 493 g/mol. The number of carbonyl (C=O) groups is 3. The summed E-state index contributed by atoms with van der Waals surface area (Å²) in [5, 5.41) is 6.66. The molecule has 2 aromatic rings. The lowest BCUT2D eigenvalue weighted by Crippen LogP contribution is -2.21. The topological polar surface area (TPSA) is 103 Å². The lowest BCUT2D eigenvalue weighted by atomic mass is 10.1. The Balaban J connectivity index is 2.34. The molecule has 0 radical (unpaired) electrons. The van der Waals surface area contributed by atoms with E-state index in [9.17, 15) is 14.4 Å². The quantitative estimate of drug-likeness (QED) is 0.311. The van der Waals surface area contributed by atoms with E-state index in [1.807, 2.05) is 13.8 Å². The molecule has 0 atom stereocenters. The number of ether oxygens (including phenoxy) is 3. The van der Waals surface area contributed by atoms with E-state index in [0.717, 1.165) is 10.4 Å². The largest absolute Gasteiger partial charge is 0.465 e. The zero-order chi connectivity index (χ0) is 24.9. The molecule has 0 amide bonds. The van der Waals surface area contributed by atoms with Crippen LogP contribution in [0.4, 0.5) is 10.7 Å². The van der Waals surface area contributed by atoms with Crippen molar-refractivity contribution in [1.29, 1.82) is 0 Å². The van der Waals surface area contributed by atoms with Gasteiger partial charge < -0.3 is 24.8 Å². The van der Waals surface area contributed by atoms with E-state index >= 15 is 0 Å². The minimum absolute atomic E-state index is 0.166. The predicted octanol–water partition coefficient (Wildman–Crippen LogP) is 5.09. The highest BCUT2D eigenvalue weighted by Crippen LogP contribution is 2.33. The molecule has 33 heavy (non-hydrogen) atoms. The van der Waals surface area contributed by atoms with Gasteiger partial charge in [0.1, 0.15) is 5.00 Å². The Hall–Kier alpha value is -2.98. The van der Waals surface area contributed by atoms with Crippen molar-refractivity contribution in [1.82, 2.24) is 0 Å². The highest BCUT2D eigenvalue weighted by atomic mass is 32.1. The van der Waals surface area contributed by atoms with E-state index < -0.39 is 17.9 Å². The van der Waals surface area contributed by atoms with Crippen LogP contribution in [0.5, 0.6) is 0 Å². The number of thiophene rings is 1. The number of rotatable bonds is 7. The molecular formula is C23H28N2O6S2. The Bertz CT molecular complexity index is 1030. The lowest BCUT2D eigenvalue weighted by molar-refractivity contribution is 0.0377. The molecule has 1 heterocycles. The van der Waals surface area contributed by atoms with Crippen molar-refractivity contribution in [2.75, 3.05) is 17.7 Å². The van der Waals surface area contributed by atoms with E-state index in [2.05, 4.69) is 10.6 Å². The Morgan fingerprint density at radius 3 is 1.85 bits per heavy atom. The Kier molecular flexibility index (Phi) is 8.95. The van der Waals surface area contributed by atoms with Gasteiger partial charge in [-0.1, -0.05) is 0 Å². The maximum atomic E-state index is 12.5. The second-order valence-corrected chi connectivity index (χ2v) is 9.40. The number of esters is 3. The standard InChI is InChI=1S/C23H28N2O6S2/c1-11(2)30-20(26)15-8-16(21(27)31-12(3)4)10-17(9-15)24-23(32)25-19-18(22(28)29-7)13(5)14(6)33-19/h8-12H,1-7H3,(H2,24,25,32). The first-order valence-electron chi connectivity index (χ1n) is 10.3. The molecule has 0 saturated carbocycles. The van der Waals surface area contributed by atoms with Crippen LogP contribution in [0.2, 0.25) is 0 Å². The van der Waals surface area contributed by atoms with Crippen LogP contribution in [-0.2, 0) is 14.2 Å². The summed E-state index contributed by atoms with van der Waals surface area (Å²) in [6, 6.07) is 4.46. The van der Waals surface area contributed by atoms with E-state index in [1.54, 1.807) is 27.7 Å². The molecule has 8 nitrogen and oxygen atoms in total. The van der Waals surface area contributed by atoms with Gasteiger partial charge in [-0.15, -0.1) is 11.3 Å². The molecule has 0 aliphatic heterocycles. The van der Waals surface area contributed by atoms with Crippen LogP contribution in [0.15, 0.2) is 18.2 Å². The average Bonchev–Trinajstić information content (AvgIpc) is 2.99. The van der Waals surface area contributed by atoms with E-state index in [1.165, 1.54) is 36.6 Å². The lowest BCUT2D eigenvalue weighted by Gasteiger charge is -2.15. The van der Waals surface area contributed by atoms with Crippen molar-refractivity contribution in [2.45, 2.75) is 53.8 Å². The number of methoxy groups -OCH3 is 1. The van der Waals surface area contributed by atoms with Crippen molar-refractivity contribution < 1.29 is 28.6 Å². The molecule has 0 aliphatic rings. The molecule has 2 rings (SSSR count). The van der Waals surface area contributed by atoms with Crippen LogP contribution in [0.3, 0.4) is 0 Å². The first-order valence-corrected chi connectivity index (χ1v) is 11.5. The van der Waals surface area contributed by atoms with Gasteiger partial charge in [0.15, 0.2) is 5.11 Å². The van der Waals surface area contributed by atoms with Crippen LogP contribution >= 0.6 is 23.6 Å². The normalized spacial score (nSPS) is 10.7. The molecule has 1 aromatic carbocycles. The third-order valence-electron chi connectivity index (χ3n) is 4.35. The Morgan fingerprint density at radius 1 is 0.879 bits per heavy atom. The summed E-state index contributed by atoms with van der Waals surface area (Å²) in [6.07, 6.45) is -0.657. The molecule has 0 bridgehead atoms. The summed E-state index contributed by atoms with van der Waals surface area (Å²) in [5.74, 6) is -1.63. The van der Waals surface area contributed by atoms with Crippen LogP contribution in [0.1, 0.15) is 69.2 Å². The maximum Gasteiger partial charge on any atom is 0.341 e. The number of aryl methyl sites for hydroxylation is 1. The molecule has 0 fully saturated rings. The third-order valence-corrected chi connectivity index (χ3v) is 5.68. The predicted molar refractivity (Wildman–Crippen MR) is 133 cm³/mol. The monoisotopic (exact) mass is 492 g/mol. The zero-order valence-corrected chi connectivity index (χ0v) is 21.3. The first kappa shape index (κ1) is 26.3. The molecule has 0 unspecified atom stereocenters. The second kappa shape index (κ2) is 11.2. The summed E-state index contributed by atoms with van der Waals surface area (Å²) in [5.41, 5.74) is 1.93. The molecular weight excluding hydrogens is 464 g/mol. The van der Waals surface area contributed by atoms with Crippen LogP contribution < -0.4 is 10.6 Å². The molecule has 0 spiro atoms. The van der Waals surface area contributed by atoms with Gasteiger partial charge in [-0.3, -0.25) is 0 Å². The minimum Gasteiger partial charge on any atom is -0.465 e. The first-order chi connectivity index (χ1) is 15.4. The number of hydrogen-bond acceptors (Lipinski definition) is 8. The number of thiocarbonyl (C=S) groups is 1. The second-order valence-electron chi connectivity index (χ2n) is 7.77. The van der Waals surface area contributed by atoms with Crippen molar-refractivity contribution in [3.8, 4) is 0 Å². The van der Waals surface area contributed by atoms with Gasteiger partial charge in [0.25, 0.3) is 0 Å². The van der Waals surface area contributed by atoms with Crippen LogP contribution in [0.25, 0.3) is 0 Å². The summed E-state index contributed by atoms with van der Waals surface area (Å²) in [6.45, 7) is 10.7. The number of hydrogen-bond donors (Lipinski definition) is 2. The summed E-state index contributed by atoms with van der Waals surface area (Å²) >= 11 is 6.78. The van der Waals surface area contributed by atoms with Gasteiger partial charge in [-0.25, -0.2) is 14.4 Å². The van der Waals surface area contributed by atoms with Gasteiger partial charge >= 0.3 is 17.9 Å². The van der Waals surface area contributed by atoms with E-state index in [4.69, 9.17) is 26.4 Å². The molecule has 0 saturated heterocycles. The Morgan fingerprint density at radius 2 is 1.39 bits per heavy atom. The molecule has 2 N–H and O–H groups in total. The molecule has 10 heteroatoms. The van der Waals surface area contributed by atoms with Crippen LogP contribution in [-0.4, -0.2) is 42.3 Å². The highest BCUT2D eigenvalue weighted by Gasteiger charge is 2.22. The summed E-state index contributed by atoms with van der Waals surface area (Å²) < 4.78 is 15.4. The number of anilines is 2. The van der Waals surface area contributed by atoms with Gasteiger partial charge in [0.05, 0.1) is 36.0 Å². The van der Waals surface area contributed by atoms with Gasteiger partial charge in [0.2, 0.25) is 0 Å². The number of carbonyl (C=O) groups excluding carboxylic acids is 3. The van der Waals surface area contributed by atoms with Gasteiger partial charge in [-0.2, -0.15) is 0 Å². The smallest absolute Gasteiger partial charge is 0.341 e. The van der Waals surface area contributed by atoms with E-state index in [-0.39, 0.29) is 28.4 Å². The molecule has 0 aliphatic carbocycles. The summed E-state index contributed by atoms with van der Waals surface area (Å²) in [7, 11) is 1.31. The number of nitrogens with one attached hydrogen (secondary N) is 2. The number of benzene rings is 1. The zero-order valence-electron chi connectivity index (χ0n) is 19.7. The fraction of sp³-hybridized carbons (Fsp3) is 0.391. The SMILES string of the molecule is COC(=O)c1c(NC(=S)Nc2cc(C(=O)OC(C)C)cc(C(=O)OC(C)C)c2)sc(C)c1C. The van der Waals surface area contributed by atoms with E-state index in [0.29, 0.717) is 16.3 Å². The molecule has 178 valence electrons. The Labute approximate surface area is 202 Å². The van der Waals surface area contributed by atoms with Crippen LogP contribution in [0, 0.1) is 13.8 Å². The summed E-state index contributed by atoms with van der Waals surface area (Å²) in [4.78, 5) is 38.1. The molecule has 1 aromatic heterocycles. The maximum absolute atomic E-state index is 12.5. The van der Waals surface area contributed by atoms with Crippen molar-refractivity contribution >= 4 is 57.3 Å². The fourth-order valence-electron chi connectivity index (χ4n) is 2.83. The minimum atomic E-state index is -0.580. The van der Waals surface area contributed by atoms with Crippen molar-refractivity contribution in [3.05, 3.63) is 45.3 Å². The highest BCUT2D eigenvalue weighted by molar-refractivity contribution is 7.80. The van der Waals surface area contributed by atoms with Crippen molar-refractivity contribution in [3.63, 3.8) is 0 Å². The van der Waals surface area contributed by atoms with Crippen molar-refractivity contribution in [2.24, 2.45) is 0 Å². The fourth-order valence-corrected chi connectivity index (χ4v) is 4.17.